The predicted octanol–water partition coefficient (Wildman–Crippen LogP) is 1.91. The Morgan fingerprint density at radius 1 is 1.31 bits per heavy atom. The van der Waals surface area contributed by atoms with Gasteiger partial charge in [-0.1, -0.05) is 6.07 Å². The average molecular weight is 400 g/mol. The molecule has 0 spiro atoms. The van der Waals surface area contributed by atoms with Crippen LogP contribution in [0, 0.1) is 13.8 Å². The number of aromatic nitrogens is 3. The van der Waals surface area contributed by atoms with Crippen LogP contribution in [0.2, 0.25) is 0 Å². The van der Waals surface area contributed by atoms with Crippen molar-refractivity contribution in [2.24, 2.45) is 12.0 Å². The van der Waals surface area contributed by atoms with Crippen LogP contribution >= 0.6 is 0 Å². The van der Waals surface area contributed by atoms with Crippen LogP contribution in [0.1, 0.15) is 36.4 Å². The maximum atomic E-state index is 5.61. The molecule has 0 saturated carbocycles. The molecule has 2 N–H and O–H groups in total. The molecule has 0 aliphatic carbocycles. The van der Waals surface area contributed by atoms with E-state index >= 15 is 0 Å². The fourth-order valence-electron chi connectivity index (χ4n) is 3.48. The molecule has 0 radical (unpaired) electrons. The molecule has 158 valence electrons. The summed E-state index contributed by atoms with van der Waals surface area (Å²) in [5, 5.41) is 11.2. The van der Waals surface area contributed by atoms with Gasteiger partial charge in [0.15, 0.2) is 5.96 Å². The normalized spacial score (nSPS) is 17.5. The minimum Gasteiger partial charge on any atom is -0.375 e. The number of aryl methyl sites for hydroxylation is 2. The van der Waals surface area contributed by atoms with E-state index in [2.05, 4.69) is 58.5 Å². The summed E-state index contributed by atoms with van der Waals surface area (Å²) in [4.78, 5) is 11.6. The molecule has 1 saturated heterocycles. The van der Waals surface area contributed by atoms with Crippen LogP contribution in [0.5, 0.6) is 0 Å². The number of ether oxygens (including phenoxy) is 1. The topological polar surface area (TPSA) is 79.6 Å². The van der Waals surface area contributed by atoms with E-state index in [0.29, 0.717) is 13.1 Å². The molecule has 3 rings (SSSR count). The first-order chi connectivity index (χ1) is 14.0. The van der Waals surface area contributed by atoms with Gasteiger partial charge in [-0.25, -0.2) is 9.98 Å². The number of nitrogens with one attached hydrogen (secondary N) is 2. The van der Waals surface area contributed by atoms with Gasteiger partial charge in [0.1, 0.15) is 5.82 Å². The van der Waals surface area contributed by atoms with Gasteiger partial charge >= 0.3 is 0 Å². The molecule has 1 aliphatic heterocycles. The van der Waals surface area contributed by atoms with E-state index in [0.717, 1.165) is 49.3 Å². The molecule has 0 amide bonds. The fraction of sp³-hybridized carbons (Fsp3) is 0.571. The van der Waals surface area contributed by atoms with Crippen molar-refractivity contribution in [3.05, 3.63) is 40.8 Å². The summed E-state index contributed by atoms with van der Waals surface area (Å²) in [5.41, 5.74) is 4.51. The minimum absolute atomic E-state index is 0.246. The van der Waals surface area contributed by atoms with Crippen LogP contribution in [0.3, 0.4) is 0 Å². The number of hydrogen-bond donors (Lipinski definition) is 2. The SMILES string of the molecule is CCNC(=NCc1ccc(N2CCOC(C)C2)nc1)NCc1c(C)nn(C)c1C. The second-order valence-corrected chi connectivity index (χ2v) is 7.47. The van der Waals surface area contributed by atoms with Crippen LogP contribution in [-0.2, 0) is 24.9 Å². The molecule has 3 heterocycles. The first-order valence-corrected chi connectivity index (χ1v) is 10.3. The number of rotatable bonds is 6. The van der Waals surface area contributed by atoms with Gasteiger partial charge in [-0.05, 0) is 39.3 Å². The zero-order chi connectivity index (χ0) is 20.8. The minimum atomic E-state index is 0.246. The van der Waals surface area contributed by atoms with Crippen molar-refractivity contribution in [1.82, 2.24) is 25.4 Å². The van der Waals surface area contributed by atoms with Gasteiger partial charge in [0.05, 0.1) is 24.9 Å². The van der Waals surface area contributed by atoms with Gasteiger partial charge in [0.2, 0.25) is 0 Å². The van der Waals surface area contributed by atoms with E-state index in [9.17, 15) is 0 Å². The molecular weight excluding hydrogens is 366 g/mol. The van der Waals surface area contributed by atoms with Crippen molar-refractivity contribution in [3.63, 3.8) is 0 Å². The fourth-order valence-corrected chi connectivity index (χ4v) is 3.48. The predicted molar refractivity (Wildman–Crippen MR) is 116 cm³/mol. The molecule has 2 aromatic heterocycles. The van der Waals surface area contributed by atoms with Crippen molar-refractivity contribution in [3.8, 4) is 0 Å². The number of aliphatic imine (C=N–C) groups is 1. The monoisotopic (exact) mass is 399 g/mol. The Bertz CT molecular complexity index is 828. The molecule has 1 unspecified atom stereocenters. The maximum Gasteiger partial charge on any atom is 0.191 e. The van der Waals surface area contributed by atoms with E-state index in [1.807, 2.05) is 24.9 Å². The molecule has 2 aromatic rings. The summed E-state index contributed by atoms with van der Waals surface area (Å²) in [7, 11) is 1.97. The Kier molecular flexibility index (Phi) is 7.09. The van der Waals surface area contributed by atoms with E-state index < -0.39 is 0 Å². The number of hydrogen-bond acceptors (Lipinski definition) is 5. The first kappa shape index (κ1) is 21.1. The van der Waals surface area contributed by atoms with Crippen LogP contribution in [0.4, 0.5) is 5.82 Å². The highest BCUT2D eigenvalue weighted by atomic mass is 16.5. The number of pyridine rings is 1. The van der Waals surface area contributed by atoms with E-state index in [1.165, 1.54) is 11.3 Å². The highest BCUT2D eigenvalue weighted by molar-refractivity contribution is 5.79. The zero-order valence-electron chi connectivity index (χ0n) is 18.2. The van der Waals surface area contributed by atoms with Gasteiger partial charge in [-0.15, -0.1) is 0 Å². The van der Waals surface area contributed by atoms with Gasteiger partial charge in [0, 0.05) is 50.7 Å². The van der Waals surface area contributed by atoms with Crippen molar-refractivity contribution in [1.29, 1.82) is 0 Å². The first-order valence-electron chi connectivity index (χ1n) is 10.3. The van der Waals surface area contributed by atoms with Gasteiger partial charge in [0.25, 0.3) is 0 Å². The molecular formula is C21H33N7O. The number of nitrogens with zero attached hydrogens (tertiary/aromatic N) is 5. The Morgan fingerprint density at radius 3 is 2.76 bits per heavy atom. The molecule has 8 heteroatoms. The summed E-state index contributed by atoms with van der Waals surface area (Å²) < 4.78 is 7.52. The third kappa shape index (κ3) is 5.47. The lowest BCUT2D eigenvalue weighted by Crippen LogP contribution is -2.41. The van der Waals surface area contributed by atoms with E-state index in [4.69, 9.17) is 9.73 Å². The van der Waals surface area contributed by atoms with Crippen molar-refractivity contribution < 1.29 is 4.74 Å². The summed E-state index contributed by atoms with van der Waals surface area (Å²) in [6, 6.07) is 4.18. The molecule has 0 bridgehead atoms. The van der Waals surface area contributed by atoms with Gasteiger partial charge in [-0.2, -0.15) is 5.10 Å². The maximum absolute atomic E-state index is 5.61. The van der Waals surface area contributed by atoms with Crippen molar-refractivity contribution in [2.75, 3.05) is 31.1 Å². The Balaban J connectivity index is 1.60. The summed E-state index contributed by atoms with van der Waals surface area (Å²) in [6.07, 6.45) is 2.16. The van der Waals surface area contributed by atoms with Gasteiger partial charge < -0.3 is 20.3 Å². The molecule has 8 nitrogen and oxygen atoms in total. The van der Waals surface area contributed by atoms with Crippen LogP contribution < -0.4 is 15.5 Å². The largest absolute Gasteiger partial charge is 0.375 e. The number of anilines is 1. The smallest absolute Gasteiger partial charge is 0.191 e. The van der Waals surface area contributed by atoms with Crippen LogP contribution in [0.15, 0.2) is 23.3 Å². The Hall–Kier alpha value is -2.61. The lowest BCUT2D eigenvalue weighted by molar-refractivity contribution is 0.0529. The van der Waals surface area contributed by atoms with Crippen LogP contribution in [-0.4, -0.2) is 53.1 Å². The van der Waals surface area contributed by atoms with Gasteiger partial charge in [-0.3, -0.25) is 4.68 Å². The lowest BCUT2D eigenvalue weighted by Gasteiger charge is -2.32. The third-order valence-corrected chi connectivity index (χ3v) is 5.23. The molecule has 29 heavy (non-hydrogen) atoms. The second kappa shape index (κ2) is 9.73. The molecule has 1 fully saturated rings. The Labute approximate surface area is 173 Å². The summed E-state index contributed by atoms with van der Waals surface area (Å²) in [6.45, 7) is 12.9. The summed E-state index contributed by atoms with van der Waals surface area (Å²) in [5.74, 6) is 1.79. The number of guanidine groups is 1. The highest BCUT2D eigenvalue weighted by Crippen LogP contribution is 2.16. The Morgan fingerprint density at radius 2 is 2.14 bits per heavy atom. The average Bonchev–Trinajstić information content (AvgIpc) is 2.96. The lowest BCUT2D eigenvalue weighted by atomic mass is 10.2. The molecule has 1 atom stereocenters. The van der Waals surface area contributed by atoms with Crippen molar-refractivity contribution in [2.45, 2.75) is 46.9 Å². The van der Waals surface area contributed by atoms with Crippen LogP contribution in [0.25, 0.3) is 0 Å². The third-order valence-electron chi connectivity index (χ3n) is 5.23. The second-order valence-electron chi connectivity index (χ2n) is 7.47. The van der Waals surface area contributed by atoms with Crippen molar-refractivity contribution >= 4 is 11.8 Å². The van der Waals surface area contributed by atoms with E-state index in [1.54, 1.807) is 0 Å². The number of morpholine rings is 1. The zero-order valence-corrected chi connectivity index (χ0v) is 18.2. The molecule has 1 aliphatic rings. The van der Waals surface area contributed by atoms with E-state index in [-0.39, 0.29) is 6.10 Å². The summed E-state index contributed by atoms with van der Waals surface area (Å²) >= 11 is 0. The highest BCUT2D eigenvalue weighted by Gasteiger charge is 2.17. The molecule has 0 aromatic carbocycles. The standard InChI is InChI=1S/C21H33N7O/c1-6-22-21(25-13-19-16(3)26-27(5)17(19)4)24-12-18-7-8-20(23-11-18)28-9-10-29-15(2)14-28/h7-8,11,15H,6,9-10,12-14H2,1-5H3,(H2,22,24,25). The quantitative estimate of drug-likeness (QED) is 0.571.